The number of likely N-dealkylation sites (tertiary alicyclic amines) is 1. The molecule has 22 heavy (non-hydrogen) atoms. The zero-order chi connectivity index (χ0) is 15.6. The van der Waals surface area contributed by atoms with E-state index < -0.39 is 9.84 Å². The van der Waals surface area contributed by atoms with Crippen LogP contribution in [0, 0.1) is 0 Å². The number of benzene rings is 1. The lowest BCUT2D eigenvalue weighted by Gasteiger charge is -2.23. The molecule has 1 fully saturated rings. The number of hydrogen-bond donors (Lipinski definition) is 0. The highest BCUT2D eigenvalue weighted by Gasteiger charge is 2.28. The first kappa shape index (κ1) is 16.2. The van der Waals surface area contributed by atoms with E-state index in [2.05, 4.69) is 38.3 Å². The number of hydrogen-bond acceptors (Lipinski definition) is 4. The lowest BCUT2D eigenvalue weighted by Crippen LogP contribution is -2.28. The minimum atomic E-state index is -3.22. The Labute approximate surface area is 144 Å². The summed E-state index contributed by atoms with van der Waals surface area (Å²) in [6, 6.07) is 11.5. The van der Waals surface area contributed by atoms with Gasteiger partial charge in [0.2, 0.25) is 0 Å². The molecular weight excluding hydrogens is 382 g/mol. The van der Waals surface area contributed by atoms with Crippen LogP contribution in [0.5, 0.6) is 0 Å². The van der Waals surface area contributed by atoms with Crippen molar-refractivity contribution in [3.05, 3.63) is 51.1 Å². The summed E-state index contributed by atoms with van der Waals surface area (Å²) in [5, 5.41) is 2.09. The molecule has 0 radical (unpaired) electrons. The Hall–Kier alpha value is -0.690. The number of sulfone groups is 1. The first-order chi connectivity index (χ1) is 10.6. The summed E-state index contributed by atoms with van der Waals surface area (Å²) in [7, 11) is -3.22. The second-order valence-electron chi connectivity index (χ2n) is 5.48. The molecule has 3 rings (SSSR count). The van der Waals surface area contributed by atoms with Crippen molar-refractivity contribution in [2.24, 2.45) is 0 Å². The molecule has 2 heterocycles. The smallest absolute Gasteiger partial charge is 0.179 e. The number of rotatable bonds is 5. The van der Waals surface area contributed by atoms with Crippen molar-refractivity contribution in [1.82, 2.24) is 4.90 Å². The van der Waals surface area contributed by atoms with E-state index in [-0.39, 0.29) is 5.75 Å². The fourth-order valence-corrected chi connectivity index (χ4v) is 5.32. The van der Waals surface area contributed by atoms with Crippen LogP contribution in [0.25, 0.3) is 0 Å². The van der Waals surface area contributed by atoms with Gasteiger partial charge in [-0.15, -0.1) is 11.3 Å². The van der Waals surface area contributed by atoms with E-state index in [1.807, 2.05) is 0 Å². The molecule has 3 nitrogen and oxygen atoms in total. The van der Waals surface area contributed by atoms with Crippen LogP contribution in [0.15, 0.2) is 51.1 Å². The van der Waals surface area contributed by atoms with Gasteiger partial charge in [-0.1, -0.05) is 22.0 Å². The zero-order valence-electron chi connectivity index (χ0n) is 12.1. The molecule has 0 spiro atoms. The maximum absolute atomic E-state index is 12.5. The summed E-state index contributed by atoms with van der Waals surface area (Å²) < 4.78 is 25.8. The Morgan fingerprint density at radius 3 is 2.68 bits per heavy atom. The molecule has 0 saturated carbocycles. The van der Waals surface area contributed by atoms with E-state index in [1.165, 1.54) is 4.88 Å². The highest BCUT2D eigenvalue weighted by atomic mass is 79.9. The van der Waals surface area contributed by atoms with Gasteiger partial charge >= 0.3 is 0 Å². The Morgan fingerprint density at radius 1 is 1.23 bits per heavy atom. The average Bonchev–Trinajstić information content (AvgIpc) is 3.16. The minimum absolute atomic E-state index is 0.177. The fraction of sp³-hybridized carbons (Fsp3) is 0.375. The van der Waals surface area contributed by atoms with Crippen LogP contribution in [0.4, 0.5) is 0 Å². The third-order valence-electron chi connectivity index (χ3n) is 4.06. The van der Waals surface area contributed by atoms with Crippen LogP contribution >= 0.6 is 27.3 Å². The normalized spacial score (nSPS) is 19.6. The van der Waals surface area contributed by atoms with Gasteiger partial charge in [-0.25, -0.2) is 8.42 Å². The maximum atomic E-state index is 12.5. The van der Waals surface area contributed by atoms with Crippen molar-refractivity contribution in [3.8, 4) is 0 Å². The molecule has 1 unspecified atom stereocenters. The largest absolute Gasteiger partial charge is 0.294 e. The molecule has 1 aromatic carbocycles. The lowest BCUT2D eigenvalue weighted by molar-refractivity contribution is 0.276. The van der Waals surface area contributed by atoms with Crippen LogP contribution in [0.1, 0.15) is 23.8 Å². The zero-order valence-corrected chi connectivity index (χ0v) is 15.3. The second kappa shape index (κ2) is 6.83. The summed E-state index contributed by atoms with van der Waals surface area (Å²) in [4.78, 5) is 4.06. The molecule has 0 bridgehead atoms. The molecule has 1 aliphatic heterocycles. The SMILES string of the molecule is O=S(=O)(CCN1CCCC1c1cccs1)c1ccc(Br)cc1. The van der Waals surface area contributed by atoms with Crippen molar-refractivity contribution in [2.75, 3.05) is 18.8 Å². The first-order valence-electron chi connectivity index (χ1n) is 7.32. The molecule has 1 atom stereocenters. The predicted octanol–water partition coefficient (Wildman–Crippen LogP) is 4.12. The van der Waals surface area contributed by atoms with Crippen molar-refractivity contribution >= 4 is 37.1 Å². The van der Waals surface area contributed by atoms with E-state index in [4.69, 9.17) is 0 Å². The molecule has 0 aliphatic carbocycles. The van der Waals surface area contributed by atoms with Crippen molar-refractivity contribution in [2.45, 2.75) is 23.8 Å². The van der Waals surface area contributed by atoms with E-state index in [0.717, 1.165) is 23.9 Å². The quantitative estimate of drug-likeness (QED) is 0.758. The molecule has 118 valence electrons. The van der Waals surface area contributed by atoms with Crippen LogP contribution in [-0.4, -0.2) is 32.2 Å². The second-order valence-corrected chi connectivity index (χ2v) is 9.49. The molecule has 2 aromatic rings. The summed E-state index contributed by atoms with van der Waals surface area (Å²) in [6.45, 7) is 1.58. The van der Waals surface area contributed by atoms with Gasteiger partial charge in [0.05, 0.1) is 10.6 Å². The summed E-state index contributed by atoms with van der Waals surface area (Å²) >= 11 is 5.09. The molecular formula is C16H18BrNO2S2. The Morgan fingerprint density at radius 2 is 2.00 bits per heavy atom. The number of thiophene rings is 1. The van der Waals surface area contributed by atoms with Gasteiger partial charge in [0.1, 0.15) is 0 Å². The minimum Gasteiger partial charge on any atom is -0.294 e. The number of nitrogens with zero attached hydrogens (tertiary/aromatic N) is 1. The van der Waals surface area contributed by atoms with Gasteiger partial charge in [0.15, 0.2) is 9.84 Å². The Kier molecular flexibility index (Phi) is 5.02. The van der Waals surface area contributed by atoms with Crippen molar-refractivity contribution in [3.63, 3.8) is 0 Å². The van der Waals surface area contributed by atoms with Gasteiger partial charge in [-0.2, -0.15) is 0 Å². The van der Waals surface area contributed by atoms with Gasteiger partial charge in [0, 0.05) is 21.9 Å². The Bertz CT molecular complexity index is 711. The molecule has 1 aromatic heterocycles. The molecule has 0 amide bonds. The van der Waals surface area contributed by atoms with Gasteiger partial charge < -0.3 is 0 Å². The summed E-state index contributed by atoms with van der Waals surface area (Å²) in [5.74, 6) is 0.177. The first-order valence-corrected chi connectivity index (χ1v) is 10.6. The van der Waals surface area contributed by atoms with Crippen LogP contribution in [-0.2, 0) is 9.84 Å². The third kappa shape index (κ3) is 3.62. The van der Waals surface area contributed by atoms with Gasteiger partial charge in [-0.3, -0.25) is 4.90 Å². The monoisotopic (exact) mass is 399 g/mol. The van der Waals surface area contributed by atoms with Crippen LogP contribution in [0.2, 0.25) is 0 Å². The third-order valence-corrected chi connectivity index (χ3v) is 7.27. The van der Waals surface area contributed by atoms with E-state index in [0.29, 0.717) is 17.5 Å². The summed E-state index contributed by atoms with van der Waals surface area (Å²) in [5.41, 5.74) is 0. The maximum Gasteiger partial charge on any atom is 0.179 e. The lowest BCUT2D eigenvalue weighted by atomic mass is 10.2. The molecule has 1 aliphatic rings. The average molecular weight is 400 g/mol. The molecule has 1 saturated heterocycles. The van der Waals surface area contributed by atoms with E-state index in [9.17, 15) is 8.42 Å². The van der Waals surface area contributed by atoms with E-state index in [1.54, 1.807) is 35.6 Å². The number of halogens is 1. The topological polar surface area (TPSA) is 37.4 Å². The van der Waals surface area contributed by atoms with Crippen LogP contribution in [0.3, 0.4) is 0 Å². The highest BCUT2D eigenvalue weighted by Crippen LogP contribution is 2.34. The summed E-state index contributed by atoms with van der Waals surface area (Å²) in [6.07, 6.45) is 2.26. The highest BCUT2D eigenvalue weighted by molar-refractivity contribution is 9.10. The fourth-order valence-electron chi connectivity index (χ4n) is 2.89. The molecule has 0 N–H and O–H groups in total. The standard InChI is InChI=1S/C16H18BrNO2S2/c17-13-5-7-14(8-6-13)22(19,20)12-10-18-9-1-3-15(18)16-4-2-11-21-16/h2,4-8,11,15H,1,3,9-10,12H2. The Balaban J connectivity index is 1.67. The molecule has 6 heteroatoms. The van der Waals surface area contributed by atoms with Crippen molar-refractivity contribution in [1.29, 1.82) is 0 Å². The predicted molar refractivity (Wildman–Crippen MR) is 94.1 cm³/mol. The van der Waals surface area contributed by atoms with Crippen molar-refractivity contribution < 1.29 is 8.42 Å². The van der Waals surface area contributed by atoms with Gasteiger partial charge in [-0.05, 0) is 55.1 Å². The van der Waals surface area contributed by atoms with E-state index >= 15 is 0 Å². The van der Waals surface area contributed by atoms with Crippen LogP contribution < -0.4 is 0 Å². The van der Waals surface area contributed by atoms with Gasteiger partial charge in [0.25, 0.3) is 0 Å².